The minimum atomic E-state index is -4.74. The normalized spacial score (nSPS) is 12.1. The quantitative estimate of drug-likeness (QED) is 0.842. The first-order chi connectivity index (χ1) is 9.13. The highest BCUT2D eigenvalue weighted by Crippen LogP contribution is 2.23. The molecule has 0 saturated heterocycles. The molecule has 7 heteroatoms. The van der Waals surface area contributed by atoms with E-state index in [0.29, 0.717) is 12.3 Å². The first kappa shape index (κ1) is 16.6. The van der Waals surface area contributed by atoms with Crippen molar-refractivity contribution in [1.29, 1.82) is 0 Å². The third-order valence-electron chi connectivity index (χ3n) is 2.52. The maximum Gasteiger partial charge on any atom is 0.573 e. The van der Waals surface area contributed by atoms with E-state index in [-0.39, 0.29) is 17.2 Å². The molecule has 1 rings (SSSR count). The monoisotopic (exact) mass is 309 g/mol. The molecule has 3 nitrogen and oxygen atoms in total. The molecule has 0 unspecified atom stereocenters. The average Bonchev–Trinajstić information content (AvgIpc) is 2.26. The second-order valence-corrected chi connectivity index (χ2v) is 5.23. The first-order valence-corrected chi connectivity index (χ1v) is 6.41. The molecule has 0 radical (unpaired) electrons. The van der Waals surface area contributed by atoms with Crippen LogP contribution in [0.5, 0.6) is 5.75 Å². The summed E-state index contributed by atoms with van der Waals surface area (Å²) in [6.45, 7) is 3.63. The van der Waals surface area contributed by atoms with Crippen LogP contribution in [0.3, 0.4) is 0 Å². The van der Waals surface area contributed by atoms with Crippen LogP contribution in [0.25, 0.3) is 0 Å². The van der Waals surface area contributed by atoms with Gasteiger partial charge < -0.3 is 10.1 Å². The van der Waals surface area contributed by atoms with Gasteiger partial charge in [-0.15, -0.1) is 24.8 Å². The molecule has 1 N–H and O–H groups in total. The van der Waals surface area contributed by atoms with Crippen molar-refractivity contribution < 1.29 is 22.7 Å². The van der Waals surface area contributed by atoms with Crippen molar-refractivity contribution in [3.63, 3.8) is 0 Å². The van der Waals surface area contributed by atoms with Gasteiger partial charge in [0.15, 0.2) is 0 Å². The SMILES string of the molecule is CC(C)(CCCl)NC(=O)c1ccc(OC(F)(F)F)cc1. The number of hydrogen-bond acceptors (Lipinski definition) is 2. The van der Waals surface area contributed by atoms with Gasteiger partial charge in [-0.2, -0.15) is 0 Å². The van der Waals surface area contributed by atoms with E-state index in [2.05, 4.69) is 10.1 Å². The van der Waals surface area contributed by atoms with Gasteiger partial charge in [-0.25, -0.2) is 0 Å². The van der Waals surface area contributed by atoms with Crippen LogP contribution < -0.4 is 10.1 Å². The van der Waals surface area contributed by atoms with Crippen molar-refractivity contribution in [1.82, 2.24) is 5.32 Å². The van der Waals surface area contributed by atoms with E-state index in [1.165, 1.54) is 12.1 Å². The van der Waals surface area contributed by atoms with Gasteiger partial charge in [0.25, 0.3) is 5.91 Å². The Morgan fingerprint density at radius 2 is 1.80 bits per heavy atom. The standard InChI is InChI=1S/C13H15ClF3NO2/c1-12(2,7-8-14)18-11(19)9-3-5-10(6-4-9)20-13(15,16)17/h3-6H,7-8H2,1-2H3,(H,18,19). The third-order valence-corrected chi connectivity index (χ3v) is 2.71. The minimum Gasteiger partial charge on any atom is -0.406 e. The Bertz CT molecular complexity index is 458. The van der Waals surface area contributed by atoms with E-state index in [1.54, 1.807) is 0 Å². The highest BCUT2D eigenvalue weighted by molar-refractivity contribution is 6.17. The molecule has 0 fully saturated rings. The van der Waals surface area contributed by atoms with Crippen molar-refractivity contribution in [3.05, 3.63) is 29.8 Å². The molecule has 0 aliphatic rings. The summed E-state index contributed by atoms with van der Waals surface area (Å²) in [4.78, 5) is 11.9. The molecule has 0 aliphatic heterocycles. The lowest BCUT2D eigenvalue weighted by Gasteiger charge is -2.25. The summed E-state index contributed by atoms with van der Waals surface area (Å²) in [5.74, 6) is -0.348. The van der Waals surface area contributed by atoms with Gasteiger partial charge in [0.05, 0.1) is 0 Å². The van der Waals surface area contributed by atoms with E-state index in [9.17, 15) is 18.0 Å². The zero-order valence-electron chi connectivity index (χ0n) is 11.1. The van der Waals surface area contributed by atoms with E-state index < -0.39 is 11.9 Å². The van der Waals surface area contributed by atoms with Crippen LogP contribution in [0.2, 0.25) is 0 Å². The molecule has 0 spiro atoms. The van der Waals surface area contributed by atoms with Gasteiger partial charge >= 0.3 is 6.36 Å². The second kappa shape index (κ2) is 6.35. The fraction of sp³-hybridized carbons (Fsp3) is 0.462. The van der Waals surface area contributed by atoms with Gasteiger partial charge in [0, 0.05) is 17.0 Å². The fourth-order valence-corrected chi connectivity index (χ4v) is 1.96. The van der Waals surface area contributed by atoms with Gasteiger partial charge in [-0.1, -0.05) is 0 Å². The van der Waals surface area contributed by atoms with E-state index >= 15 is 0 Å². The maximum absolute atomic E-state index is 12.0. The number of rotatable bonds is 5. The molecule has 112 valence electrons. The Labute approximate surface area is 120 Å². The Morgan fingerprint density at radius 3 is 2.25 bits per heavy atom. The molecule has 20 heavy (non-hydrogen) atoms. The fourth-order valence-electron chi connectivity index (χ4n) is 1.49. The highest BCUT2D eigenvalue weighted by atomic mass is 35.5. The number of hydrogen-bond donors (Lipinski definition) is 1. The van der Waals surface area contributed by atoms with Crippen LogP contribution >= 0.6 is 11.6 Å². The molecular weight excluding hydrogens is 295 g/mol. The number of nitrogens with one attached hydrogen (secondary N) is 1. The smallest absolute Gasteiger partial charge is 0.406 e. The number of benzene rings is 1. The second-order valence-electron chi connectivity index (χ2n) is 4.85. The molecule has 0 aromatic heterocycles. The number of amides is 1. The third kappa shape index (κ3) is 5.69. The number of alkyl halides is 4. The number of carbonyl (C=O) groups is 1. The molecule has 1 amide bonds. The summed E-state index contributed by atoms with van der Waals surface area (Å²) in [7, 11) is 0. The molecule has 1 aromatic carbocycles. The minimum absolute atomic E-state index is 0.252. The van der Waals surface area contributed by atoms with Gasteiger partial charge in [0.1, 0.15) is 5.75 Å². The topological polar surface area (TPSA) is 38.3 Å². The van der Waals surface area contributed by atoms with Crippen LogP contribution in [0.15, 0.2) is 24.3 Å². The largest absolute Gasteiger partial charge is 0.573 e. The summed E-state index contributed by atoms with van der Waals surface area (Å²) < 4.78 is 39.7. The van der Waals surface area contributed by atoms with Crippen LogP contribution in [-0.4, -0.2) is 23.7 Å². The van der Waals surface area contributed by atoms with Crippen LogP contribution in [0, 0.1) is 0 Å². The maximum atomic E-state index is 12.0. The number of carbonyl (C=O) groups excluding carboxylic acids is 1. The van der Waals surface area contributed by atoms with E-state index in [0.717, 1.165) is 12.1 Å². The summed E-state index contributed by atoms with van der Waals surface area (Å²) in [6.07, 6.45) is -4.17. The van der Waals surface area contributed by atoms with Crippen molar-refractivity contribution >= 4 is 17.5 Å². The lowest BCUT2D eigenvalue weighted by molar-refractivity contribution is -0.274. The van der Waals surface area contributed by atoms with Crippen molar-refractivity contribution in [2.45, 2.75) is 32.2 Å². The Balaban J connectivity index is 2.71. The van der Waals surface area contributed by atoms with E-state index in [4.69, 9.17) is 11.6 Å². The first-order valence-electron chi connectivity index (χ1n) is 5.87. The van der Waals surface area contributed by atoms with Gasteiger partial charge in [0.2, 0.25) is 0 Å². The highest BCUT2D eigenvalue weighted by Gasteiger charge is 2.31. The summed E-state index contributed by atoms with van der Waals surface area (Å²) in [6, 6.07) is 4.73. The number of ether oxygens (including phenoxy) is 1. The van der Waals surface area contributed by atoms with Crippen molar-refractivity contribution in [2.24, 2.45) is 0 Å². The number of halogens is 4. The van der Waals surface area contributed by atoms with Crippen LogP contribution in [0.1, 0.15) is 30.6 Å². The summed E-state index contributed by atoms with van der Waals surface area (Å²) >= 11 is 5.62. The van der Waals surface area contributed by atoms with Crippen LogP contribution in [0.4, 0.5) is 13.2 Å². The molecule has 1 aromatic rings. The molecule has 0 heterocycles. The van der Waals surface area contributed by atoms with E-state index in [1.807, 2.05) is 13.8 Å². The zero-order valence-corrected chi connectivity index (χ0v) is 11.8. The van der Waals surface area contributed by atoms with Crippen molar-refractivity contribution in [2.75, 3.05) is 5.88 Å². The van der Waals surface area contributed by atoms with Crippen molar-refractivity contribution in [3.8, 4) is 5.75 Å². The van der Waals surface area contributed by atoms with Crippen LogP contribution in [-0.2, 0) is 0 Å². The van der Waals surface area contributed by atoms with Gasteiger partial charge in [-0.05, 0) is 44.5 Å². The Morgan fingerprint density at radius 1 is 1.25 bits per heavy atom. The lowest BCUT2D eigenvalue weighted by Crippen LogP contribution is -2.43. The Hall–Kier alpha value is -1.43. The summed E-state index contributed by atoms with van der Waals surface area (Å²) in [5, 5.41) is 2.75. The lowest BCUT2D eigenvalue weighted by atomic mass is 10.0. The molecule has 0 atom stereocenters. The predicted molar refractivity (Wildman–Crippen MR) is 70.0 cm³/mol. The average molecular weight is 310 g/mol. The molecule has 0 bridgehead atoms. The summed E-state index contributed by atoms with van der Waals surface area (Å²) in [5.41, 5.74) is -0.234. The molecular formula is C13H15ClF3NO2. The molecule has 0 saturated carbocycles. The Kier molecular flexibility index (Phi) is 5.28. The molecule has 0 aliphatic carbocycles. The zero-order chi connectivity index (χ0) is 15.4. The predicted octanol–water partition coefficient (Wildman–Crippen LogP) is 3.72. The van der Waals surface area contributed by atoms with Gasteiger partial charge in [-0.3, -0.25) is 4.79 Å².